The Balaban J connectivity index is 1.50. The summed E-state index contributed by atoms with van der Waals surface area (Å²) in [4.78, 5) is 27.6. The number of hydrogen-bond donors (Lipinski definition) is 5. The van der Waals surface area contributed by atoms with Crippen LogP contribution >= 0.6 is 0 Å². The standard InChI is InChI=1S/C26H33N5O2/c27-12-10-17(11-13-29-20-6-1-2-7-20)23-16-30-24-9-8-21(15-22(23)24)31-26(33)19-5-3-4-18(14-19)25(28)32/h3-5,8-9,14-17,20,29-30H,1-2,6-7,10-13,27H2,(H2,28,32)(H,31,33). The zero-order chi connectivity index (χ0) is 23.2. The summed E-state index contributed by atoms with van der Waals surface area (Å²) >= 11 is 0. The fourth-order valence-corrected chi connectivity index (χ4v) is 4.82. The number of rotatable bonds is 10. The van der Waals surface area contributed by atoms with Gasteiger partial charge < -0.3 is 27.1 Å². The van der Waals surface area contributed by atoms with Gasteiger partial charge in [0, 0.05) is 40.0 Å². The number of amides is 2. The Morgan fingerprint density at radius 2 is 1.85 bits per heavy atom. The molecule has 2 aromatic carbocycles. The molecule has 2 amide bonds. The Kier molecular flexibility index (Phi) is 7.42. The molecule has 1 aromatic heterocycles. The van der Waals surface area contributed by atoms with Gasteiger partial charge in [-0.2, -0.15) is 0 Å². The maximum Gasteiger partial charge on any atom is 0.255 e. The number of carbonyl (C=O) groups excluding carboxylic acids is 2. The first kappa shape index (κ1) is 23.0. The van der Waals surface area contributed by atoms with E-state index in [1.54, 1.807) is 18.2 Å². The molecule has 0 aliphatic heterocycles. The highest BCUT2D eigenvalue weighted by atomic mass is 16.2. The SMILES string of the molecule is NCCC(CCNC1CCCC1)c1c[nH]c2ccc(NC(=O)c3cccc(C(N)=O)c3)cc12. The van der Waals surface area contributed by atoms with E-state index in [1.807, 2.05) is 18.2 Å². The summed E-state index contributed by atoms with van der Waals surface area (Å²) in [6, 6.07) is 12.9. The molecule has 1 atom stereocenters. The van der Waals surface area contributed by atoms with Gasteiger partial charge in [0.25, 0.3) is 5.91 Å². The van der Waals surface area contributed by atoms with Crippen molar-refractivity contribution in [2.45, 2.75) is 50.5 Å². The van der Waals surface area contributed by atoms with Crippen molar-refractivity contribution in [3.63, 3.8) is 0 Å². The van der Waals surface area contributed by atoms with Crippen molar-refractivity contribution in [3.05, 3.63) is 65.4 Å². The number of aromatic nitrogens is 1. The molecule has 1 saturated carbocycles. The first-order valence-corrected chi connectivity index (χ1v) is 11.8. The summed E-state index contributed by atoms with van der Waals surface area (Å²) in [6.07, 6.45) is 9.22. The molecule has 7 nitrogen and oxygen atoms in total. The third-order valence-electron chi connectivity index (χ3n) is 6.62. The van der Waals surface area contributed by atoms with E-state index < -0.39 is 5.91 Å². The Bertz CT molecular complexity index is 1120. The number of primary amides is 1. The van der Waals surface area contributed by atoms with E-state index in [9.17, 15) is 9.59 Å². The second kappa shape index (κ2) is 10.6. The minimum Gasteiger partial charge on any atom is -0.366 e. The summed E-state index contributed by atoms with van der Waals surface area (Å²) in [5.74, 6) is -0.499. The molecule has 1 fully saturated rings. The van der Waals surface area contributed by atoms with Crippen LogP contribution in [-0.2, 0) is 0 Å². The van der Waals surface area contributed by atoms with Crippen LogP contribution in [-0.4, -0.2) is 35.9 Å². The number of nitrogens with two attached hydrogens (primary N) is 2. The lowest BCUT2D eigenvalue weighted by molar-refractivity contribution is 0.1000. The molecule has 33 heavy (non-hydrogen) atoms. The maximum absolute atomic E-state index is 12.8. The van der Waals surface area contributed by atoms with Gasteiger partial charge in [0.15, 0.2) is 0 Å². The normalized spacial score (nSPS) is 15.1. The monoisotopic (exact) mass is 447 g/mol. The molecule has 0 spiro atoms. The van der Waals surface area contributed by atoms with Gasteiger partial charge in [0.2, 0.25) is 5.91 Å². The van der Waals surface area contributed by atoms with Gasteiger partial charge in [-0.15, -0.1) is 0 Å². The number of anilines is 1. The van der Waals surface area contributed by atoms with Crippen molar-refractivity contribution in [1.82, 2.24) is 10.3 Å². The van der Waals surface area contributed by atoms with E-state index in [2.05, 4.69) is 21.8 Å². The number of fused-ring (bicyclic) bond motifs is 1. The van der Waals surface area contributed by atoms with Crippen LogP contribution in [0.2, 0.25) is 0 Å². The summed E-state index contributed by atoms with van der Waals surface area (Å²) < 4.78 is 0. The topological polar surface area (TPSA) is 126 Å². The molecule has 7 heteroatoms. The highest BCUT2D eigenvalue weighted by molar-refractivity contribution is 6.06. The van der Waals surface area contributed by atoms with Gasteiger partial charge >= 0.3 is 0 Å². The minimum absolute atomic E-state index is 0.284. The van der Waals surface area contributed by atoms with E-state index in [-0.39, 0.29) is 5.91 Å². The van der Waals surface area contributed by atoms with E-state index in [0.717, 1.165) is 30.3 Å². The Morgan fingerprint density at radius 1 is 1.06 bits per heavy atom. The van der Waals surface area contributed by atoms with E-state index >= 15 is 0 Å². The second-order valence-electron chi connectivity index (χ2n) is 8.90. The van der Waals surface area contributed by atoms with Crippen LogP contribution < -0.4 is 22.1 Å². The number of hydrogen-bond acceptors (Lipinski definition) is 4. The number of H-pyrrole nitrogens is 1. The molecule has 3 aromatic rings. The summed E-state index contributed by atoms with van der Waals surface area (Å²) in [5, 5.41) is 7.75. The number of carbonyl (C=O) groups is 2. The minimum atomic E-state index is -0.559. The van der Waals surface area contributed by atoms with Crippen LogP contribution in [0.25, 0.3) is 10.9 Å². The van der Waals surface area contributed by atoms with Crippen LogP contribution in [0.15, 0.2) is 48.7 Å². The van der Waals surface area contributed by atoms with Gasteiger partial charge in [0.1, 0.15) is 0 Å². The van der Waals surface area contributed by atoms with Crippen molar-refractivity contribution in [3.8, 4) is 0 Å². The Hall–Kier alpha value is -3.16. The molecule has 1 aliphatic carbocycles. The lowest BCUT2D eigenvalue weighted by Crippen LogP contribution is -2.28. The van der Waals surface area contributed by atoms with Crippen molar-refractivity contribution in [2.24, 2.45) is 11.5 Å². The van der Waals surface area contributed by atoms with Gasteiger partial charge in [-0.25, -0.2) is 0 Å². The van der Waals surface area contributed by atoms with Crippen LogP contribution in [0.1, 0.15) is 70.7 Å². The van der Waals surface area contributed by atoms with Crippen LogP contribution in [0.3, 0.4) is 0 Å². The van der Waals surface area contributed by atoms with Crippen LogP contribution in [0.5, 0.6) is 0 Å². The number of nitrogens with one attached hydrogen (secondary N) is 3. The summed E-state index contributed by atoms with van der Waals surface area (Å²) in [5.41, 5.74) is 14.9. The average molecular weight is 448 g/mol. The third kappa shape index (κ3) is 5.61. The van der Waals surface area contributed by atoms with Crippen molar-refractivity contribution >= 4 is 28.4 Å². The first-order chi connectivity index (χ1) is 16.0. The fraction of sp³-hybridized carbons (Fsp3) is 0.385. The Morgan fingerprint density at radius 3 is 2.61 bits per heavy atom. The lowest BCUT2D eigenvalue weighted by Gasteiger charge is -2.18. The average Bonchev–Trinajstić information content (AvgIpc) is 3.48. The van der Waals surface area contributed by atoms with Crippen LogP contribution in [0, 0.1) is 0 Å². The fourth-order valence-electron chi connectivity index (χ4n) is 4.82. The lowest BCUT2D eigenvalue weighted by atomic mass is 9.92. The van der Waals surface area contributed by atoms with E-state index in [1.165, 1.54) is 37.3 Å². The summed E-state index contributed by atoms with van der Waals surface area (Å²) in [6.45, 7) is 1.61. The van der Waals surface area contributed by atoms with Gasteiger partial charge in [-0.1, -0.05) is 18.9 Å². The first-order valence-electron chi connectivity index (χ1n) is 11.8. The van der Waals surface area contributed by atoms with Crippen molar-refractivity contribution in [2.75, 3.05) is 18.4 Å². The molecule has 1 aliphatic rings. The molecule has 4 rings (SSSR count). The number of benzene rings is 2. The molecule has 7 N–H and O–H groups in total. The number of aromatic amines is 1. The highest BCUT2D eigenvalue weighted by Gasteiger charge is 2.19. The molecular weight excluding hydrogens is 414 g/mol. The quantitative estimate of drug-likeness (QED) is 0.323. The smallest absolute Gasteiger partial charge is 0.255 e. The van der Waals surface area contributed by atoms with Gasteiger partial charge in [0.05, 0.1) is 0 Å². The predicted octanol–water partition coefficient (Wildman–Crippen LogP) is 3.87. The predicted molar refractivity (Wildman–Crippen MR) is 132 cm³/mol. The van der Waals surface area contributed by atoms with E-state index in [4.69, 9.17) is 11.5 Å². The van der Waals surface area contributed by atoms with Crippen molar-refractivity contribution in [1.29, 1.82) is 0 Å². The van der Waals surface area contributed by atoms with Gasteiger partial charge in [-0.05, 0) is 86.7 Å². The Labute approximate surface area is 194 Å². The van der Waals surface area contributed by atoms with Gasteiger partial charge in [-0.3, -0.25) is 9.59 Å². The molecular formula is C26H33N5O2. The highest BCUT2D eigenvalue weighted by Crippen LogP contribution is 2.32. The third-order valence-corrected chi connectivity index (χ3v) is 6.62. The molecule has 0 bridgehead atoms. The van der Waals surface area contributed by atoms with Crippen LogP contribution in [0.4, 0.5) is 5.69 Å². The largest absolute Gasteiger partial charge is 0.366 e. The summed E-state index contributed by atoms with van der Waals surface area (Å²) in [7, 11) is 0. The zero-order valence-corrected chi connectivity index (χ0v) is 18.9. The zero-order valence-electron chi connectivity index (χ0n) is 18.9. The van der Waals surface area contributed by atoms with E-state index in [0.29, 0.717) is 35.3 Å². The molecule has 174 valence electrons. The molecule has 1 unspecified atom stereocenters. The second-order valence-corrected chi connectivity index (χ2v) is 8.90. The van der Waals surface area contributed by atoms with Crippen molar-refractivity contribution < 1.29 is 9.59 Å². The molecule has 0 radical (unpaired) electrons. The molecule has 0 saturated heterocycles. The maximum atomic E-state index is 12.8. The molecule has 1 heterocycles.